The molecule has 1 aromatic carbocycles. The maximum atomic E-state index is 5.94. The summed E-state index contributed by atoms with van der Waals surface area (Å²) in [5.74, 6) is 0. The number of benzene rings is 1. The van der Waals surface area contributed by atoms with E-state index in [1.807, 2.05) is 12.1 Å². The molecular weight excluding hydrogens is 246 g/mol. The molecule has 2 unspecified atom stereocenters. The van der Waals surface area contributed by atoms with Crippen molar-refractivity contribution in [1.82, 2.24) is 4.90 Å². The van der Waals surface area contributed by atoms with Crippen molar-refractivity contribution < 1.29 is 0 Å². The van der Waals surface area contributed by atoms with E-state index in [-0.39, 0.29) is 0 Å². The van der Waals surface area contributed by atoms with Crippen LogP contribution in [0.3, 0.4) is 0 Å². The number of nitrogens with two attached hydrogens (primary N) is 1. The lowest BCUT2D eigenvalue weighted by molar-refractivity contribution is 0.152. The van der Waals surface area contributed by atoms with Crippen molar-refractivity contribution in [3.05, 3.63) is 29.3 Å². The molecule has 100 valence electrons. The number of hydrogen-bond acceptors (Lipinski definition) is 3. The van der Waals surface area contributed by atoms with E-state index in [1.54, 1.807) is 0 Å². The van der Waals surface area contributed by atoms with Gasteiger partial charge in [-0.2, -0.15) is 0 Å². The Bertz CT molecular complexity index is 379. The van der Waals surface area contributed by atoms with Gasteiger partial charge in [-0.15, -0.1) is 0 Å². The Balaban J connectivity index is 2.12. The fraction of sp³-hybridized carbons (Fsp3) is 0.571. The van der Waals surface area contributed by atoms with E-state index in [4.69, 9.17) is 17.3 Å². The van der Waals surface area contributed by atoms with E-state index < -0.39 is 0 Å². The summed E-state index contributed by atoms with van der Waals surface area (Å²) in [6.07, 6.45) is 1.05. The summed E-state index contributed by atoms with van der Waals surface area (Å²) in [4.78, 5) is 4.88. The smallest absolute Gasteiger partial charge is 0.0407 e. The predicted molar refractivity (Wildman–Crippen MR) is 78.3 cm³/mol. The lowest BCUT2D eigenvalue weighted by atomic mass is 10.0. The highest BCUT2D eigenvalue weighted by Crippen LogP contribution is 2.24. The number of anilines is 1. The van der Waals surface area contributed by atoms with Crippen LogP contribution >= 0.6 is 11.6 Å². The highest BCUT2D eigenvalue weighted by molar-refractivity contribution is 6.30. The van der Waals surface area contributed by atoms with Crippen LogP contribution in [0.25, 0.3) is 0 Å². The molecule has 18 heavy (non-hydrogen) atoms. The second-order valence-electron chi connectivity index (χ2n) is 5.13. The van der Waals surface area contributed by atoms with Gasteiger partial charge in [-0.05, 0) is 51.2 Å². The van der Waals surface area contributed by atoms with Gasteiger partial charge in [-0.1, -0.05) is 11.6 Å². The molecule has 2 rings (SSSR count). The van der Waals surface area contributed by atoms with Gasteiger partial charge in [-0.25, -0.2) is 0 Å². The molecule has 4 heteroatoms. The average molecular weight is 268 g/mol. The van der Waals surface area contributed by atoms with Crippen molar-refractivity contribution >= 4 is 17.3 Å². The Morgan fingerprint density at radius 3 is 2.56 bits per heavy atom. The Labute approximate surface area is 115 Å². The SMILES string of the molecule is CC1CN(c2ccc(Cl)cc2)CC(CCN)N1C. The monoisotopic (exact) mass is 267 g/mol. The van der Waals surface area contributed by atoms with Gasteiger partial charge in [-0.3, -0.25) is 4.90 Å². The third kappa shape index (κ3) is 2.97. The minimum atomic E-state index is 0.537. The molecule has 1 saturated heterocycles. The molecule has 0 bridgehead atoms. The molecule has 0 spiro atoms. The second kappa shape index (κ2) is 5.91. The molecule has 1 aromatic rings. The first-order valence-electron chi connectivity index (χ1n) is 6.54. The van der Waals surface area contributed by atoms with Gasteiger partial charge in [0.25, 0.3) is 0 Å². The standard InChI is InChI=1S/C14H22ClN3/c1-11-9-18(10-14(7-8-16)17(11)2)13-5-3-12(15)4-6-13/h3-6,11,14H,7-10,16H2,1-2H3. The van der Waals surface area contributed by atoms with Crippen LogP contribution < -0.4 is 10.6 Å². The van der Waals surface area contributed by atoms with E-state index in [2.05, 4.69) is 35.9 Å². The average Bonchev–Trinajstić information content (AvgIpc) is 2.36. The lowest BCUT2D eigenvalue weighted by Crippen LogP contribution is -2.56. The molecule has 2 N–H and O–H groups in total. The molecular formula is C14H22ClN3. The molecule has 0 aliphatic carbocycles. The van der Waals surface area contributed by atoms with Gasteiger partial charge in [0.15, 0.2) is 0 Å². The topological polar surface area (TPSA) is 32.5 Å². The summed E-state index contributed by atoms with van der Waals surface area (Å²) >= 11 is 5.94. The van der Waals surface area contributed by atoms with E-state index in [9.17, 15) is 0 Å². The molecule has 3 nitrogen and oxygen atoms in total. The number of nitrogens with zero attached hydrogens (tertiary/aromatic N) is 2. The molecule has 0 aromatic heterocycles. The Hall–Kier alpha value is -0.770. The van der Waals surface area contributed by atoms with Gasteiger partial charge in [0.1, 0.15) is 0 Å². The molecule has 0 saturated carbocycles. The first-order valence-corrected chi connectivity index (χ1v) is 6.92. The van der Waals surface area contributed by atoms with Crippen LogP contribution in [0.5, 0.6) is 0 Å². The molecule has 1 aliphatic rings. The largest absolute Gasteiger partial charge is 0.368 e. The Morgan fingerprint density at radius 2 is 1.94 bits per heavy atom. The normalized spacial score (nSPS) is 25.4. The van der Waals surface area contributed by atoms with Crippen LogP contribution in [0.1, 0.15) is 13.3 Å². The third-order valence-corrected chi connectivity index (χ3v) is 4.13. The molecule has 0 radical (unpaired) electrons. The summed E-state index contributed by atoms with van der Waals surface area (Å²) in [7, 11) is 2.20. The predicted octanol–water partition coefficient (Wildman–Crippen LogP) is 2.20. The zero-order valence-electron chi connectivity index (χ0n) is 11.1. The van der Waals surface area contributed by atoms with E-state index >= 15 is 0 Å². The van der Waals surface area contributed by atoms with Crippen molar-refractivity contribution in [2.24, 2.45) is 5.73 Å². The van der Waals surface area contributed by atoms with E-state index in [0.717, 1.165) is 31.1 Å². The van der Waals surface area contributed by atoms with Crippen LogP contribution in [0.4, 0.5) is 5.69 Å². The number of piperazine rings is 1. The van der Waals surface area contributed by atoms with Gasteiger partial charge in [0, 0.05) is 35.9 Å². The first kappa shape index (κ1) is 13.7. The van der Waals surface area contributed by atoms with E-state index in [0.29, 0.717) is 12.1 Å². The summed E-state index contributed by atoms with van der Waals surface area (Å²) in [5.41, 5.74) is 6.96. The van der Waals surface area contributed by atoms with Crippen molar-refractivity contribution in [3.8, 4) is 0 Å². The second-order valence-corrected chi connectivity index (χ2v) is 5.56. The van der Waals surface area contributed by atoms with Crippen LogP contribution in [-0.4, -0.2) is 43.7 Å². The molecule has 1 fully saturated rings. The zero-order valence-corrected chi connectivity index (χ0v) is 11.9. The fourth-order valence-electron chi connectivity index (χ4n) is 2.62. The molecule has 1 aliphatic heterocycles. The minimum absolute atomic E-state index is 0.537. The lowest BCUT2D eigenvalue weighted by Gasteiger charge is -2.45. The Kier molecular flexibility index (Phi) is 4.49. The highest BCUT2D eigenvalue weighted by atomic mass is 35.5. The summed E-state index contributed by atoms with van der Waals surface area (Å²) < 4.78 is 0. The number of rotatable bonds is 3. The number of likely N-dealkylation sites (N-methyl/N-ethyl adjacent to an activating group) is 1. The summed E-state index contributed by atoms with van der Waals surface area (Å²) in [6, 6.07) is 9.19. The third-order valence-electron chi connectivity index (χ3n) is 3.88. The minimum Gasteiger partial charge on any atom is -0.368 e. The van der Waals surface area contributed by atoms with Crippen LogP contribution in [0, 0.1) is 0 Å². The van der Waals surface area contributed by atoms with Crippen LogP contribution in [-0.2, 0) is 0 Å². The summed E-state index contributed by atoms with van der Waals surface area (Å²) in [5, 5.41) is 0.791. The number of hydrogen-bond donors (Lipinski definition) is 1. The molecule has 2 atom stereocenters. The van der Waals surface area contributed by atoms with Crippen LogP contribution in [0.2, 0.25) is 5.02 Å². The van der Waals surface area contributed by atoms with Gasteiger partial charge in [0.2, 0.25) is 0 Å². The number of halogens is 1. The molecule has 1 heterocycles. The zero-order chi connectivity index (χ0) is 13.1. The highest BCUT2D eigenvalue weighted by Gasteiger charge is 2.28. The van der Waals surface area contributed by atoms with Crippen LogP contribution in [0.15, 0.2) is 24.3 Å². The van der Waals surface area contributed by atoms with Crippen molar-refractivity contribution in [3.63, 3.8) is 0 Å². The van der Waals surface area contributed by atoms with Gasteiger partial charge >= 0.3 is 0 Å². The van der Waals surface area contributed by atoms with E-state index in [1.165, 1.54) is 5.69 Å². The van der Waals surface area contributed by atoms with Crippen molar-refractivity contribution in [1.29, 1.82) is 0 Å². The quantitative estimate of drug-likeness (QED) is 0.911. The molecule has 0 amide bonds. The maximum Gasteiger partial charge on any atom is 0.0407 e. The first-order chi connectivity index (χ1) is 8.61. The van der Waals surface area contributed by atoms with Crippen molar-refractivity contribution in [2.45, 2.75) is 25.4 Å². The maximum absolute atomic E-state index is 5.94. The fourth-order valence-corrected chi connectivity index (χ4v) is 2.74. The summed E-state index contributed by atoms with van der Waals surface area (Å²) in [6.45, 7) is 5.11. The Morgan fingerprint density at radius 1 is 1.28 bits per heavy atom. The van der Waals surface area contributed by atoms with Crippen molar-refractivity contribution in [2.75, 3.05) is 31.6 Å². The van der Waals surface area contributed by atoms with Gasteiger partial charge in [0.05, 0.1) is 0 Å². The van der Waals surface area contributed by atoms with Gasteiger partial charge < -0.3 is 10.6 Å².